The fourth-order valence-electron chi connectivity index (χ4n) is 3.53. The van der Waals surface area contributed by atoms with Crippen LogP contribution < -0.4 is 5.32 Å². The van der Waals surface area contributed by atoms with Crippen LogP contribution in [0.2, 0.25) is 0 Å². The molecule has 0 bridgehead atoms. The van der Waals surface area contributed by atoms with E-state index in [4.69, 9.17) is 4.98 Å². The SMILES string of the molecule is Cl.Cl.Cn1ccnc1C1CNCCN1Cc1csc(CCc2ccccc2)n1. The highest BCUT2D eigenvalue weighted by molar-refractivity contribution is 7.09. The molecule has 3 aromatic rings. The zero-order valence-corrected chi connectivity index (χ0v) is 18.4. The van der Waals surface area contributed by atoms with Gasteiger partial charge in [0.2, 0.25) is 0 Å². The highest BCUT2D eigenvalue weighted by atomic mass is 35.5. The number of rotatable bonds is 6. The van der Waals surface area contributed by atoms with E-state index < -0.39 is 0 Å². The number of piperazine rings is 1. The summed E-state index contributed by atoms with van der Waals surface area (Å²) in [5, 5.41) is 6.95. The van der Waals surface area contributed by atoms with E-state index in [2.05, 4.69) is 62.5 Å². The largest absolute Gasteiger partial charge is 0.337 e. The smallest absolute Gasteiger partial charge is 0.127 e. The zero-order valence-electron chi connectivity index (χ0n) is 16.0. The van der Waals surface area contributed by atoms with Crippen LogP contribution in [-0.4, -0.2) is 39.1 Å². The number of halogens is 2. The van der Waals surface area contributed by atoms with E-state index in [0.717, 1.165) is 44.8 Å². The average molecular weight is 440 g/mol. The van der Waals surface area contributed by atoms with Crippen molar-refractivity contribution in [1.82, 2.24) is 24.8 Å². The van der Waals surface area contributed by atoms with Gasteiger partial charge in [0.25, 0.3) is 0 Å². The van der Waals surface area contributed by atoms with Crippen LogP contribution in [0.4, 0.5) is 0 Å². The summed E-state index contributed by atoms with van der Waals surface area (Å²) >= 11 is 1.78. The van der Waals surface area contributed by atoms with Gasteiger partial charge in [-0.3, -0.25) is 4.90 Å². The van der Waals surface area contributed by atoms with E-state index in [0.29, 0.717) is 6.04 Å². The first-order valence-corrected chi connectivity index (χ1v) is 10.1. The Morgan fingerprint density at radius 1 is 1.18 bits per heavy atom. The minimum absolute atomic E-state index is 0. The number of nitrogens with one attached hydrogen (secondary N) is 1. The second-order valence-corrected chi connectivity index (χ2v) is 7.75. The van der Waals surface area contributed by atoms with Gasteiger partial charge in [0.15, 0.2) is 0 Å². The van der Waals surface area contributed by atoms with Crippen molar-refractivity contribution < 1.29 is 0 Å². The fraction of sp³-hybridized carbons (Fsp3) is 0.400. The third kappa shape index (κ3) is 5.55. The molecular formula is C20H27Cl2N5S. The molecule has 4 rings (SSSR count). The van der Waals surface area contributed by atoms with E-state index in [1.54, 1.807) is 11.3 Å². The molecule has 1 atom stereocenters. The molecule has 1 aliphatic heterocycles. The molecule has 0 aliphatic carbocycles. The lowest BCUT2D eigenvalue weighted by atomic mass is 10.1. The number of hydrogen-bond acceptors (Lipinski definition) is 5. The van der Waals surface area contributed by atoms with E-state index in [1.807, 2.05) is 12.4 Å². The molecule has 0 spiro atoms. The maximum atomic E-state index is 4.89. The van der Waals surface area contributed by atoms with Crippen LogP contribution in [0.5, 0.6) is 0 Å². The van der Waals surface area contributed by atoms with E-state index in [-0.39, 0.29) is 24.8 Å². The molecule has 1 aromatic carbocycles. The maximum absolute atomic E-state index is 4.89. The lowest BCUT2D eigenvalue weighted by Gasteiger charge is -2.35. The van der Waals surface area contributed by atoms with Gasteiger partial charge in [-0.2, -0.15) is 0 Å². The molecular weight excluding hydrogens is 413 g/mol. The van der Waals surface area contributed by atoms with E-state index in [1.165, 1.54) is 16.3 Å². The number of thiazole rings is 1. The predicted octanol–water partition coefficient (Wildman–Crippen LogP) is 3.65. The van der Waals surface area contributed by atoms with Crippen LogP contribution in [0.3, 0.4) is 0 Å². The van der Waals surface area contributed by atoms with E-state index >= 15 is 0 Å². The lowest BCUT2D eigenvalue weighted by molar-refractivity contribution is 0.143. The molecule has 152 valence electrons. The number of hydrogen-bond donors (Lipinski definition) is 1. The van der Waals surface area contributed by atoms with Gasteiger partial charge in [-0.15, -0.1) is 36.2 Å². The Kier molecular flexibility index (Phi) is 8.92. The summed E-state index contributed by atoms with van der Waals surface area (Å²) in [6, 6.07) is 10.9. The van der Waals surface area contributed by atoms with Gasteiger partial charge in [0, 0.05) is 57.4 Å². The van der Waals surface area contributed by atoms with Gasteiger partial charge in [0.05, 0.1) is 16.7 Å². The van der Waals surface area contributed by atoms with Gasteiger partial charge in [-0.05, 0) is 12.0 Å². The number of aromatic nitrogens is 3. The maximum Gasteiger partial charge on any atom is 0.127 e. The third-order valence-electron chi connectivity index (χ3n) is 4.95. The molecule has 0 saturated carbocycles. The standard InChI is InChI=1S/C20H25N5S.2ClH/c1-24-11-10-22-20(24)18-13-21-9-12-25(18)14-17-15-26-19(23-17)8-7-16-5-3-2-4-6-16;;/h2-6,10-11,15,18,21H,7-9,12-14H2,1H3;2*1H. The monoisotopic (exact) mass is 439 g/mol. The van der Waals surface area contributed by atoms with Crippen LogP contribution in [-0.2, 0) is 26.4 Å². The Bertz CT molecular complexity index is 836. The molecule has 1 aliphatic rings. The number of imidazole rings is 1. The first-order valence-electron chi connectivity index (χ1n) is 9.19. The van der Waals surface area contributed by atoms with Crippen molar-refractivity contribution in [2.75, 3.05) is 19.6 Å². The van der Waals surface area contributed by atoms with Crippen molar-refractivity contribution in [2.45, 2.75) is 25.4 Å². The molecule has 0 amide bonds. The molecule has 0 radical (unpaired) electrons. The van der Waals surface area contributed by atoms with Crippen LogP contribution in [0.15, 0.2) is 48.1 Å². The number of nitrogens with zero attached hydrogens (tertiary/aromatic N) is 4. The summed E-state index contributed by atoms with van der Waals surface area (Å²) < 4.78 is 2.12. The molecule has 8 heteroatoms. The Morgan fingerprint density at radius 3 is 2.75 bits per heavy atom. The summed E-state index contributed by atoms with van der Waals surface area (Å²) in [6.07, 6.45) is 5.97. The first-order chi connectivity index (χ1) is 12.8. The molecule has 5 nitrogen and oxygen atoms in total. The highest BCUT2D eigenvalue weighted by Crippen LogP contribution is 2.23. The minimum atomic E-state index is 0. The average Bonchev–Trinajstić information content (AvgIpc) is 3.30. The summed E-state index contributed by atoms with van der Waals surface area (Å²) in [4.78, 5) is 11.9. The Balaban J connectivity index is 0.00000140. The zero-order chi connectivity index (χ0) is 17.8. The van der Waals surface area contributed by atoms with E-state index in [9.17, 15) is 0 Å². The highest BCUT2D eigenvalue weighted by Gasteiger charge is 2.27. The van der Waals surface area contributed by atoms with Gasteiger partial charge >= 0.3 is 0 Å². The normalized spacial score (nSPS) is 17.0. The number of benzene rings is 1. The fourth-order valence-corrected chi connectivity index (χ4v) is 4.32. The van der Waals surface area contributed by atoms with Crippen molar-refractivity contribution in [3.63, 3.8) is 0 Å². The van der Waals surface area contributed by atoms with Crippen molar-refractivity contribution >= 4 is 36.2 Å². The molecule has 1 unspecified atom stereocenters. The Morgan fingerprint density at radius 2 is 2.00 bits per heavy atom. The first kappa shape index (κ1) is 22.8. The van der Waals surface area contributed by atoms with Crippen LogP contribution in [0.1, 0.15) is 28.1 Å². The van der Waals surface area contributed by atoms with Gasteiger partial charge < -0.3 is 9.88 Å². The number of aryl methyl sites for hydroxylation is 3. The lowest BCUT2D eigenvalue weighted by Crippen LogP contribution is -2.46. The van der Waals surface area contributed by atoms with Crippen LogP contribution in [0.25, 0.3) is 0 Å². The summed E-state index contributed by atoms with van der Waals surface area (Å²) in [5.74, 6) is 1.12. The molecule has 2 aromatic heterocycles. The van der Waals surface area contributed by atoms with Crippen molar-refractivity contribution in [1.29, 1.82) is 0 Å². The summed E-state index contributed by atoms with van der Waals surface area (Å²) in [7, 11) is 2.07. The van der Waals surface area contributed by atoms with Gasteiger partial charge in [0.1, 0.15) is 5.82 Å². The van der Waals surface area contributed by atoms with Crippen LogP contribution >= 0.6 is 36.2 Å². The van der Waals surface area contributed by atoms with Crippen LogP contribution in [0, 0.1) is 0 Å². The van der Waals surface area contributed by atoms with Crippen molar-refractivity contribution in [3.8, 4) is 0 Å². The Hall–Kier alpha value is -1.44. The molecule has 3 heterocycles. The predicted molar refractivity (Wildman–Crippen MR) is 120 cm³/mol. The molecule has 28 heavy (non-hydrogen) atoms. The van der Waals surface area contributed by atoms with Crippen molar-refractivity contribution in [3.05, 3.63) is 70.2 Å². The van der Waals surface area contributed by atoms with Gasteiger partial charge in [-0.25, -0.2) is 9.97 Å². The second kappa shape index (κ2) is 10.9. The quantitative estimate of drug-likeness (QED) is 0.636. The molecule has 1 saturated heterocycles. The van der Waals surface area contributed by atoms with Gasteiger partial charge in [-0.1, -0.05) is 30.3 Å². The topological polar surface area (TPSA) is 46.0 Å². The molecule has 1 fully saturated rings. The third-order valence-corrected chi connectivity index (χ3v) is 5.90. The summed E-state index contributed by atoms with van der Waals surface area (Å²) in [6.45, 7) is 3.87. The summed E-state index contributed by atoms with van der Waals surface area (Å²) in [5.41, 5.74) is 2.56. The molecule has 1 N–H and O–H groups in total. The minimum Gasteiger partial charge on any atom is -0.337 e. The second-order valence-electron chi connectivity index (χ2n) is 6.80. The van der Waals surface area contributed by atoms with Crippen molar-refractivity contribution in [2.24, 2.45) is 7.05 Å². The Labute approximate surface area is 183 Å².